The topological polar surface area (TPSA) is 63.9 Å². The highest BCUT2D eigenvalue weighted by Gasteiger charge is 2.01. The van der Waals surface area contributed by atoms with Crippen LogP contribution >= 0.6 is 12.2 Å². The number of nitrogens with two attached hydrogens (primary N) is 1. The van der Waals surface area contributed by atoms with E-state index in [1.807, 2.05) is 25.1 Å². The molecule has 1 aromatic heterocycles. The summed E-state index contributed by atoms with van der Waals surface area (Å²) in [6.07, 6.45) is 0.593. The number of aromatic nitrogens is 2. The highest BCUT2D eigenvalue weighted by atomic mass is 32.1. The van der Waals surface area contributed by atoms with Crippen LogP contribution in [0.5, 0.6) is 5.75 Å². The first-order chi connectivity index (χ1) is 7.65. The minimum absolute atomic E-state index is 0.471. The summed E-state index contributed by atoms with van der Waals surface area (Å²) in [4.78, 5) is 7.94. The Balaban J connectivity index is 2.10. The van der Waals surface area contributed by atoms with Gasteiger partial charge in [0.25, 0.3) is 0 Å². The average molecular weight is 235 g/mol. The molecular weight excluding hydrogens is 222 g/mol. The second kappa shape index (κ2) is 4.49. The number of fused-ring (bicyclic) bond motifs is 1. The van der Waals surface area contributed by atoms with E-state index in [1.165, 1.54) is 0 Å². The standard InChI is InChI=1S/C11H13N3OS/c1-7-13-9-3-2-8(6-10(9)14-7)15-5-4-11(12)16/h2-3,6H,4-5H2,1H3,(H2,12,16)(H,13,14). The highest BCUT2D eigenvalue weighted by molar-refractivity contribution is 7.80. The zero-order valence-electron chi connectivity index (χ0n) is 8.99. The Morgan fingerprint density at radius 1 is 1.56 bits per heavy atom. The summed E-state index contributed by atoms with van der Waals surface area (Å²) in [5, 5.41) is 0. The fourth-order valence-electron chi connectivity index (χ4n) is 1.48. The number of hydrogen-bond acceptors (Lipinski definition) is 3. The number of nitrogens with zero attached hydrogens (tertiary/aromatic N) is 1. The first kappa shape index (κ1) is 10.9. The van der Waals surface area contributed by atoms with Crippen molar-refractivity contribution in [3.05, 3.63) is 24.0 Å². The smallest absolute Gasteiger partial charge is 0.121 e. The van der Waals surface area contributed by atoms with Crippen molar-refractivity contribution in [3.8, 4) is 5.75 Å². The molecule has 3 N–H and O–H groups in total. The van der Waals surface area contributed by atoms with E-state index in [2.05, 4.69) is 9.97 Å². The number of aromatic amines is 1. The van der Waals surface area contributed by atoms with Crippen molar-refractivity contribution in [1.82, 2.24) is 9.97 Å². The highest BCUT2D eigenvalue weighted by Crippen LogP contribution is 2.18. The van der Waals surface area contributed by atoms with Crippen LogP contribution in [0.1, 0.15) is 12.2 Å². The fraction of sp³-hybridized carbons (Fsp3) is 0.273. The van der Waals surface area contributed by atoms with Gasteiger partial charge in [0.1, 0.15) is 11.6 Å². The van der Waals surface area contributed by atoms with Crippen LogP contribution in [0.3, 0.4) is 0 Å². The van der Waals surface area contributed by atoms with Crippen LogP contribution in [0.4, 0.5) is 0 Å². The zero-order chi connectivity index (χ0) is 11.5. The van der Waals surface area contributed by atoms with Gasteiger partial charge < -0.3 is 15.5 Å². The molecule has 0 unspecified atom stereocenters. The number of hydrogen-bond donors (Lipinski definition) is 2. The van der Waals surface area contributed by atoms with Crippen LogP contribution in [0, 0.1) is 6.92 Å². The second-order valence-corrected chi connectivity index (χ2v) is 4.09. The Morgan fingerprint density at radius 2 is 2.38 bits per heavy atom. The summed E-state index contributed by atoms with van der Waals surface area (Å²) < 4.78 is 5.52. The van der Waals surface area contributed by atoms with Crippen LogP contribution in [0.15, 0.2) is 18.2 Å². The molecule has 0 radical (unpaired) electrons. The number of ether oxygens (including phenoxy) is 1. The van der Waals surface area contributed by atoms with Gasteiger partial charge in [-0.1, -0.05) is 12.2 Å². The van der Waals surface area contributed by atoms with Gasteiger partial charge in [0.15, 0.2) is 0 Å². The molecule has 1 aromatic carbocycles. The van der Waals surface area contributed by atoms with E-state index in [-0.39, 0.29) is 0 Å². The molecule has 0 aliphatic rings. The van der Waals surface area contributed by atoms with Crippen LogP contribution in [-0.4, -0.2) is 21.6 Å². The molecule has 0 aliphatic carbocycles. The first-order valence-electron chi connectivity index (χ1n) is 5.02. The van der Waals surface area contributed by atoms with Gasteiger partial charge in [-0.25, -0.2) is 4.98 Å². The van der Waals surface area contributed by atoms with Gasteiger partial charge in [-0.3, -0.25) is 0 Å². The quantitative estimate of drug-likeness (QED) is 0.795. The monoisotopic (exact) mass is 235 g/mol. The molecule has 4 nitrogen and oxygen atoms in total. The van der Waals surface area contributed by atoms with E-state index in [4.69, 9.17) is 22.7 Å². The lowest BCUT2D eigenvalue weighted by Gasteiger charge is -2.04. The van der Waals surface area contributed by atoms with Gasteiger partial charge in [0, 0.05) is 12.5 Å². The second-order valence-electron chi connectivity index (χ2n) is 3.57. The zero-order valence-corrected chi connectivity index (χ0v) is 9.80. The Bertz CT molecular complexity index is 521. The molecule has 84 valence electrons. The predicted molar refractivity (Wildman–Crippen MR) is 67.7 cm³/mol. The van der Waals surface area contributed by atoms with E-state index in [1.54, 1.807) is 0 Å². The third kappa shape index (κ3) is 2.49. The average Bonchev–Trinajstić information content (AvgIpc) is 2.56. The number of imidazole rings is 1. The maximum atomic E-state index is 5.52. The van der Waals surface area contributed by atoms with Crippen molar-refractivity contribution in [2.75, 3.05) is 6.61 Å². The van der Waals surface area contributed by atoms with Crippen LogP contribution in [-0.2, 0) is 0 Å². The molecule has 0 amide bonds. The number of nitrogens with one attached hydrogen (secondary N) is 1. The molecular formula is C11H13N3OS. The predicted octanol–water partition coefficient (Wildman–Crippen LogP) is 1.93. The molecule has 0 spiro atoms. The van der Waals surface area contributed by atoms with E-state index >= 15 is 0 Å². The number of thiocarbonyl (C=S) groups is 1. The largest absolute Gasteiger partial charge is 0.493 e. The summed E-state index contributed by atoms with van der Waals surface area (Å²) in [5.41, 5.74) is 7.31. The van der Waals surface area contributed by atoms with E-state index in [9.17, 15) is 0 Å². The summed E-state index contributed by atoms with van der Waals surface area (Å²) in [7, 11) is 0. The van der Waals surface area contributed by atoms with Gasteiger partial charge in [-0.05, 0) is 19.1 Å². The fourth-order valence-corrected chi connectivity index (χ4v) is 1.56. The number of benzene rings is 1. The van der Waals surface area contributed by atoms with Gasteiger partial charge in [-0.2, -0.15) is 0 Å². The van der Waals surface area contributed by atoms with E-state index < -0.39 is 0 Å². The summed E-state index contributed by atoms with van der Waals surface area (Å²) in [5.74, 6) is 1.70. The van der Waals surface area contributed by atoms with Crippen molar-refractivity contribution in [3.63, 3.8) is 0 Å². The Labute approximate surface area is 98.8 Å². The molecule has 0 aliphatic heterocycles. The Kier molecular flexibility index (Phi) is 3.05. The van der Waals surface area contributed by atoms with Crippen LogP contribution in [0.25, 0.3) is 11.0 Å². The molecule has 2 aromatic rings. The van der Waals surface area contributed by atoms with Crippen molar-refractivity contribution < 1.29 is 4.74 Å². The summed E-state index contributed by atoms with van der Waals surface area (Å²) >= 11 is 4.77. The molecule has 0 fully saturated rings. The van der Waals surface area contributed by atoms with Crippen molar-refractivity contribution in [2.24, 2.45) is 5.73 Å². The SMILES string of the molecule is Cc1nc2ccc(OCCC(N)=S)cc2[nH]1. The third-order valence-corrected chi connectivity index (χ3v) is 2.39. The first-order valence-corrected chi connectivity index (χ1v) is 5.43. The molecule has 0 bridgehead atoms. The molecule has 0 atom stereocenters. The van der Waals surface area contributed by atoms with Gasteiger partial charge in [-0.15, -0.1) is 0 Å². The van der Waals surface area contributed by atoms with E-state index in [0.29, 0.717) is 18.0 Å². The molecule has 5 heteroatoms. The summed E-state index contributed by atoms with van der Waals surface area (Å²) in [6, 6.07) is 5.74. The molecule has 16 heavy (non-hydrogen) atoms. The van der Waals surface area contributed by atoms with Crippen LogP contribution in [0.2, 0.25) is 0 Å². The normalized spacial score (nSPS) is 10.6. The summed E-state index contributed by atoms with van der Waals surface area (Å²) in [6.45, 7) is 2.43. The minimum Gasteiger partial charge on any atom is -0.493 e. The molecule has 0 saturated heterocycles. The number of aryl methyl sites for hydroxylation is 1. The maximum absolute atomic E-state index is 5.52. The number of H-pyrrole nitrogens is 1. The minimum atomic E-state index is 0.471. The van der Waals surface area contributed by atoms with E-state index in [0.717, 1.165) is 22.6 Å². The van der Waals surface area contributed by atoms with Crippen molar-refractivity contribution in [1.29, 1.82) is 0 Å². The van der Waals surface area contributed by atoms with Crippen molar-refractivity contribution in [2.45, 2.75) is 13.3 Å². The van der Waals surface area contributed by atoms with Crippen LogP contribution < -0.4 is 10.5 Å². The lowest BCUT2D eigenvalue weighted by Crippen LogP contribution is -2.12. The Hall–Kier alpha value is -1.62. The molecule has 0 saturated carbocycles. The van der Waals surface area contributed by atoms with Crippen molar-refractivity contribution >= 4 is 28.2 Å². The van der Waals surface area contributed by atoms with Gasteiger partial charge >= 0.3 is 0 Å². The van der Waals surface area contributed by atoms with Gasteiger partial charge in [0.05, 0.1) is 22.6 Å². The van der Waals surface area contributed by atoms with Gasteiger partial charge in [0.2, 0.25) is 0 Å². The number of rotatable bonds is 4. The molecule has 2 rings (SSSR count). The molecule has 1 heterocycles. The lowest BCUT2D eigenvalue weighted by atomic mass is 10.3. The third-order valence-electron chi connectivity index (χ3n) is 2.19. The maximum Gasteiger partial charge on any atom is 0.121 e. The Morgan fingerprint density at radius 3 is 3.12 bits per heavy atom. The lowest BCUT2D eigenvalue weighted by molar-refractivity contribution is 0.330.